The standard InChI is InChI=1S/C16H21N3O/c20-16(19-14-9-10-4-5-11(14)8-10)12-2-1-3-13-15(12)18-7-6-17-13/h1-3,10-11,14,17-18H,4-9H2,(H,19,20). The lowest BCUT2D eigenvalue weighted by Gasteiger charge is -2.25. The second-order valence-corrected chi connectivity index (χ2v) is 6.34. The molecule has 3 unspecified atom stereocenters. The van der Waals surface area contributed by atoms with Crippen LogP contribution < -0.4 is 16.0 Å². The SMILES string of the molecule is O=C(NC1CC2CCC1C2)c1cccc2c1NCCN2. The average Bonchev–Trinajstić information content (AvgIpc) is 3.09. The Kier molecular flexibility index (Phi) is 2.83. The lowest BCUT2D eigenvalue weighted by molar-refractivity contribution is 0.0923. The molecule has 4 rings (SSSR count). The summed E-state index contributed by atoms with van der Waals surface area (Å²) in [6.45, 7) is 1.77. The summed E-state index contributed by atoms with van der Waals surface area (Å²) >= 11 is 0. The van der Waals surface area contributed by atoms with E-state index in [9.17, 15) is 4.79 Å². The third-order valence-electron chi connectivity index (χ3n) is 5.11. The van der Waals surface area contributed by atoms with E-state index in [2.05, 4.69) is 16.0 Å². The lowest BCUT2D eigenvalue weighted by Crippen LogP contribution is -2.39. The number of fused-ring (bicyclic) bond motifs is 3. The van der Waals surface area contributed by atoms with Gasteiger partial charge in [0.15, 0.2) is 0 Å². The first-order valence-electron chi connectivity index (χ1n) is 7.73. The van der Waals surface area contributed by atoms with E-state index >= 15 is 0 Å². The van der Waals surface area contributed by atoms with Gasteiger partial charge in [0, 0.05) is 19.1 Å². The molecule has 2 fully saturated rings. The number of benzene rings is 1. The van der Waals surface area contributed by atoms with Gasteiger partial charge >= 0.3 is 0 Å². The Labute approximate surface area is 119 Å². The summed E-state index contributed by atoms with van der Waals surface area (Å²) in [6.07, 6.45) is 5.15. The van der Waals surface area contributed by atoms with Crippen molar-refractivity contribution in [2.45, 2.75) is 31.7 Å². The second kappa shape index (κ2) is 4.69. The molecule has 1 heterocycles. The van der Waals surface area contributed by atoms with E-state index in [1.807, 2.05) is 18.2 Å². The zero-order chi connectivity index (χ0) is 13.5. The molecule has 3 atom stereocenters. The van der Waals surface area contributed by atoms with Crippen molar-refractivity contribution in [3.8, 4) is 0 Å². The summed E-state index contributed by atoms with van der Waals surface area (Å²) in [7, 11) is 0. The van der Waals surface area contributed by atoms with E-state index in [1.54, 1.807) is 0 Å². The van der Waals surface area contributed by atoms with Gasteiger partial charge < -0.3 is 16.0 Å². The van der Waals surface area contributed by atoms with Crippen LogP contribution in [0.2, 0.25) is 0 Å². The molecule has 3 aliphatic rings. The summed E-state index contributed by atoms with van der Waals surface area (Å²) in [5.74, 6) is 1.65. The highest BCUT2D eigenvalue weighted by Gasteiger charge is 2.40. The third-order valence-corrected chi connectivity index (χ3v) is 5.11. The molecule has 2 saturated carbocycles. The van der Waals surface area contributed by atoms with Gasteiger partial charge in [-0.2, -0.15) is 0 Å². The number of carbonyl (C=O) groups is 1. The van der Waals surface area contributed by atoms with Crippen molar-refractivity contribution in [2.24, 2.45) is 11.8 Å². The number of para-hydroxylation sites is 1. The largest absolute Gasteiger partial charge is 0.382 e. The topological polar surface area (TPSA) is 53.2 Å². The van der Waals surface area contributed by atoms with E-state index < -0.39 is 0 Å². The molecule has 2 bridgehead atoms. The Morgan fingerprint density at radius 3 is 2.85 bits per heavy atom. The van der Waals surface area contributed by atoms with Crippen LogP contribution >= 0.6 is 0 Å². The van der Waals surface area contributed by atoms with Crippen molar-refractivity contribution in [3.05, 3.63) is 23.8 Å². The lowest BCUT2D eigenvalue weighted by atomic mass is 9.95. The van der Waals surface area contributed by atoms with Crippen molar-refractivity contribution in [3.63, 3.8) is 0 Å². The minimum atomic E-state index is 0.0793. The fourth-order valence-electron chi connectivity index (χ4n) is 4.13. The third kappa shape index (κ3) is 1.94. The van der Waals surface area contributed by atoms with Crippen LogP contribution in [0.5, 0.6) is 0 Å². The van der Waals surface area contributed by atoms with Crippen molar-refractivity contribution in [1.82, 2.24) is 5.32 Å². The van der Waals surface area contributed by atoms with E-state index in [0.29, 0.717) is 6.04 Å². The number of anilines is 2. The number of hydrogen-bond donors (Lipinski definition) is 3. The Hall–Kier alpha value is -1.71. The first-order valence-corrected chi connectivity index (χ1v) is 7.73. The zero-order valence-corrected chi connectivity index (χ0v) is 11.6. The summed E-state index contributed by atoms with van der Waals surface area (Å²) in [6, 6.07) is 6.29. The molecule has 1 aromatic carbocycles. The molecule has 0 radical (unpaired) electrons. The summed E-state index contributed by atoms with van der Waals surface area (Å²) in [4.78, 5) is 12.6. The van der Waals surface area contributed by atoms with E-state index in [1.165, 1.54) is 25.7 Å². The minimum Gasteiger partial charge on any atom is -0.382 e. The number of hydrogen-bond acceptors (Lipinski definition) is 3. The second-order valence-electron chi connectivity index (χ2n) is 6.34. The average molecular weight is 271 g/mol. The van der Waals surface area contributed by atoms with Gasteiger partial charge in [0.25, 0.3) is 5.91 Å². The van der Waals surface area contributed by atoms with E-state index in [0.717, 1.165) is 41.9 Å². The van der Waals surface area contributed by atoms with Gasteiger partial charge in [-0.3, -0.25) is 4.79 Å². The van der Waals surface area contributed by atoms with Gasteiger partial charge in [-0.05, 0) is 43.2 Å². The van der Waals surface area contributed by atoms with Gasteiger partial charge in [0.05, 0.1) is 16.9 Å². The molecule has 4 heteroatoms. The number of carbonyl (C=O) groups excluding carboxylic acids is 1. The first-order chi connectivity index (χ1) is 9.81. The molecule has 0 spiro atoms. The zero-order valence-electron chi connectivity index (χ0n) is 11.6. The van der Waals surface area contributed by atoms with Gasteiger partial charge in [0.1, 0.15) is 0 Å². The summed E-state index contributed by atoms with van der Waals surface area (Å²) < 4.78 is 0. The van der Waals surface area contributed by atoms with E-state index in [-0.39, 0.29) is 5.91 Å². The summed E-state index contributed by atoms with van der Waals surface area (Å²) in [5, 5.41) is 9.95. The molecule has 2 aliphatic carbocycles. The van der Waals surface area contributed by atoms with Crippen molar-refractivity contribution in [2.75, 3.05) is 23.7 Å². The van der Waals surface area contributed by atoms with E-state index in [4.69, 9.17) is 0 Å². The molecule has 20 heavy (non-hydrogen) atoms. The Balaban J connectivity index is 1.54. The quantitative estimate of drug-likeness (QED) is 0.774. The normalized spacial score (nSPS) is 30.3. The number of nitrogens with one attached hydrogen (secondary N) is 3. The van der Waals surface area contributed by atoms with Crippen LogP contribution in [0.1, 0.15) is 36.0 Å². The maximum absolute atomic E-state index is 12.6. The van der Waals surface area contributed by atoms with Crippen molar-refractivity contribution >= 4 is 17.3 Å². The molecule has 4 nitrogen and oxygen atoms in total. The molecular weight excluding hydrogens is 250 g/mol. The van der Waals surface area contributed by atoms with Crippen LogP contribution in [-0.2, 0) is 0 Å². The van der Waals surface area contributed by atoms with Crippen LogP contribution in [0.15, 0.2) is 18.2 Å². The molecule has 0 aromatic heterocycles. The predicted molar refractivity (Wildman–Crippen MR) is 80.1 cm³/mol. The molecule has 106 valence electrons. The van der Waals surface area contributed by atoms with Crippen molar-refractivity contribution < 1.29 is 4.79 Å². The summed E-state index contributed by atoms with van der Waals surface area (Å²) in [5.41, 5.74) is 2.77. The van der Waals surface area contributed by atoms with Crippen LogP contribution in [-0.4, -0.2) is 25.0 Å². The Morgan fingerprint density at radius 2 is 2.05 bits per heavy atom. The Morgan fingerprint density at radius 1 is 1.15 bits per heavy atom. The van der Waals surface area contributed by atoms with Gasteiger partial charge in [-0.15, -0.1) is 0 Å². The molecular formula is C16H21N3O. The molecule has 3 N–H and O–H groups in total. The maximum atomic E-state index is 12.6. The maximum Gasteiger partial charge on any atom is 0.253 e. The molecule has 1 aromatic rings. The number of amides is 1. The molecule has 0 saturated heterocycles. The molecule has 1 amide bonds. The highest BCUT2D eigenvalue weighted by atomic mass is 16.1. The minimum absolute atomic E-state index is 0.0793. The highest BCUT2D eigenvalue weighted by molar-refractivity contribution is 6.03. The first kappa shape index (κ1) is 12.1. The van der Waals surface area contributed by atoms with Crippen molar-refractivity contribution in [1.29, 1.82) is 0 Å². The Bertz CT molecular complexity index is 543. The van der Waals surface area contributed by atoms with Gasteiger partial charge in [-0.25, -0.2) is 0 Å². The fourth-order valence-corrected chi connectivity index (χ4v) is 4.13. The van der Waals surface area contributed by atoms with Gasteiger partial charge in [-0.1, -0.05) is 12.5 Å². The number of rotatable bonds is 2. The van der Waals surface area contributed by atoms with Crippen LogP contribution in [0.3, 0.4) is 0 Å². The monoisotopic (exact) mass is 271 g/mol. The predicted octanol–water partition coefficient (Wildman–Crippen LogP) is 2.44. The smallest absolute Gasteiger partial charge is 0.253 e. The molecule has 1 aliphatic heterocycles. The van der Waals surface area contributed by atoms with Gasteiger partial charge in [0.2, 0.25) is 0 Å². The van der Waals surface area contributed by atoms with Crippen LogP contribution in [0.25, 0.3) is 0 Å². The fraction of sp³-hybridized carbons (Fsp3) is 0.562. The highest BCUT2D eigenvalue weighted by Crippen LogP contribution is 2.44. The van der Waals surface area contributed by atoms with Crippen LogP contribution in [0.4, 0.5) is 11.4 Å². The van der Waals surface area contributed by atoms with Crippen LogP contribution in [0, 0.1) is 11.8 Å².